The predicted octanol–water partition coefficient (Wildman–Crippen LogP) is 4.71. The van der Waals surface area contributed by atoms with E-state index in [-0.39, 0.29) is 16.5 Å². The van der Waals surface area contributed by atoms with Crippen LogP contribution in [-0.2, 0) is 0 Å². The summed E-state index contributed by atoms with van der Waals surface area (Å²) in [4.78, 5) is 8.62. The number of hydrogen-bond donors (Lipinski definition) is 0. The molecule has 0 spiro atoms. The van der Waals surface area contributed by atoms with Crippen molar-refractivity contribution < 1.29 is 4.39 Å². The van der Waals surface area contributed by atoms with Crippen molar-refractivity contribution in [3.05, 3.63) is 58.5 Å². The molecule has 0 aliphatic rings. The molecule has 2 aromatic carbocycles. The number of aromatic nitrogens is 2. The Kier molecular flexibility index (Phi) is 3.14. The molecular weight excluding hydrogens is 275 g/mol. The summed E-state index contributed by atoms with van der Waals surface area (Å²) in [5.41, 5.74) is 3.09. The number of benzene rings is 2. The first-order valence-electron chi connectivity index (χ1n) is 6.25. The monoisotopic (exact) mass is 286 g/mol. The van der Waals surface area contributed by atoms with E-state index in [4.69, 9.17) is 11.6 Å². The van der Waals surface area contributed by atoms with Crippen molar-refractivity contribution in [3.8, 4) is 11.4 Å². The fraction of sp³-hybridized carbons (Fsp3) is 0.125. The number of hydrogen-bond acceptors (Lipinski definition) is 2. The Morgan fingerprint density at radius 2 is 1.65 bits per heavy atom. The summed E-state index contributed by atoms with van der Waals surface area (Å²) in [6.07, 6.45) is 0. The van der Waals surface area contributed by atoms with Crippen LogP contribution < -0.4 is 0 Å². The van der Waals surface area contributed by atoms with Gasteiger partial charge in [-0.2, -0.15) is 0 Å². The largest absolute Gasteiger partial charge is 0.225 e. The Hall–Kier alpha value is -2.00. The van der Waals surface area contributed by atoms with Gasteiger partial charge in [-0.1, -0.05) is 47.5 Å². The van der Waals surface area contributed by atoms with E-state index in [1.807, 2.05) is 38.1 Å². The molecule has 0 aliphatic heterocycles. The van der Waals surface area contributed by atoms with Crippen LogP contribution in [0.5, 0.6) is 0 Å². The van der Waals surface area contributed by atoms with E-state index < -0.39 is 0 Å². The van der Waals surface area contributed by atoms with Crippen molar-refractivity contribution in [2.75, 3.05) is 0 Å². The van der Waals surface area contributed by atoms with Crippen LogP contribution in [0.25, 0.3) is 22.3 Å². The van der Waals surface area contributed by atoms with Gasteiger partial charge in [0.2, 0.25) is 0 Å². The minimum absolute atomic E-state index is 0.264. The smallest absolute Gasteiger partial charge is 0.161 e. The Bertz CT molecular complexity index is 798. The van der Waals surface area contributed by atoms with Gasteiger partial charge in [-0.3, -0.25) is 0 Å². The lowest BCUT2D eigenvalue weighted by Crippen LogP contribution is -1.96. The molecule has 0 saturated carbocycles. The van der Waals surface area contributed by atoms with Crippen molar-refractivity contribution in [1.29, 1.82) is 0 Å². The molecule has 0 fully saturated rings. The maximum absolute atomic E-state index is 14.0. The van der Waals surface area contributed by atoms with Crippen LogP contribution in [0.15, 0.2) is 36.4 Å². The van der Waals surface area contributed by atoms with Gasteiger partial charge in [-0.15, -0.1) is 0 Å². The van der Waals surface area contributed by atoms with Gasteiger partial charge in [-0.05, 0) is 25.5 Å². The molecule has 0 atom stereocenters. The molecule has 0 radical (unpaired) electrons. The molecular formula is C16H12ClFN2. The molecule has 2 nitrogen and oxygen atoms in total. The fourth-order valence-electron chi connectivity index (χ4n) is 2.15. The van der Waals surface area contributed by atoms with E-state index in [2.05, 4.69) is 9.97 Å². The maximum Gasteiger partial charge on any atom is 0.161 e. The van der Waals surface area contributed by atoms with E-state index in [0.717, 1.165) is 16.7 Å². The van der Waals surface area contributed by atoms with Gasteiger partial charge in [0.15, 0.2) is 5.82 Å². The lowest BCUT2D eigenvalue weighted by atomic mass is 10.1. The van der Waals surface area contributed by atoms with Gasteiger partial charge in [-0.25, -0.2) is 14.4 Å². The SMILES string of the molecule is Cc1ccc(-c2nc(Cl)c3c(C)ccc(F)c3n2)cc1. The average molecular weight is 287 g/mol. The van der Waals surface area contributed by atoms with E-state index in [1.54, 1.807) is 6.07 Å². The summed E-state index contributed by atoms with van der Waals surface area (Å²) in [5.74, 6) is 0.0512. The normalized spacial score (nSPS) is 11.0. The number of aryl methyl sites for hydroxylation is 2. The summed E-state index contributed by atoms with van der Waals surface area (Å²) in [7, 11) is 0. The number of rotatable bonds is 1. The molecule has 3 rings (SSSR count). The lowest BCUT2D eigenvalue weighted by Gasteiger charge is -2.08. The molecule has 4 heteroatoms. The third-order valence-corrected chi connectivity index (χ3v) is 3.55. The van der Waals surface area contributed by atoms with Gasteiger partial charge in [0.25, 0.3) is 0 Å². The number of nitrogens with zero attached hydrogens (tertiary/aromatic N) is 2. The van der Waals surface area contributed by atoms with E-state index in [0.29, 0.717) is 11.2 Å². The van der Waals surface area contributed by atoms with Crippen LogP contribution in [0.2, 0.25) is 5.15 Å². The Balaban J connectivity index is 2.29. The highest BCUT2D eigenvalue weighted by atomic mass is 35.5. The van der Waals surface area contributed by atoms with E-state index in [9.17, 15) is 4.39 Å². The molecule has 100 valence electrons. The van der Waals surface area contributed by atoms with Crippen molar-refractivity contribution in [2.24, 2.45) is 0 Å². The molecule has 0 unspecified atom stereocenters. The molecule has 0 aliphatic carbocycles. The second kappa shape index (κ2) is 4.84. The number of fused-ring (bicyclic) bond motifs is 1. The Labute approximate surface area is 121 Å². The molecule has 1 heterocycles. The first kappa shape index (κ1) is 13.0. The van der Waals surface area contributed by atoms with Crippen LogP contribution in [0, 0.1) is 19.7 Å². The second-order valence-electron chi connectivity index (χ2n) is 4.79. The summed E-state index contributed by atoms with van der Waals surface area (Å²) >= 11 is 6.20. The quantitative estimate of drug-likeness (QED) is 0.606. The second-order valence-corrected chi connectivity index (χ2v) is 5.15. The Morgan fingerprint density at radius 3 is 2.35 bits per heavy atom. The van der Waals surface area contributed by atoms with Gasteiger partial charge in [0.1, 0.15) is 16.5 Å². The summed E-state index contributed by atoms with van der Waals surface area (Å²) < 4.78 is 14.0. The highest BCUT2D eigenvalue weighted by Crippen LogP contribution is 2.28. The zero-order valence-corrected chi connectivity index (χ0v) is 11.9. The summed E-state index contributed by atoms with van der Waals surface area (Å²) in [5, 5.41) is 0.852. The van der Waals surface area contributed by atoms with E-state index >= 15 is 0 Å². The molecule has 0 saturated heterocycles. The standard InChI is InChI=1S/C16H12ClFN2/c1-9-3-6-11(7-4-9)16-19-14-12(18)8-5-10(2)13(14)15(17)20-16/h3-8H,1-2H3. The van der Waals surface area contributed by atoms with Crippen molar-refractivity contribution in [2.45, 2.75) is 13.8 Å². The molecule has 3 aromatic rings. The summed E-state index contributed by atoms with van der Waals surface area (Å²) in [6, 6.07) is 10.8. The first-order valence-corrected chi connectivity index (χ1v) is 6.63. The molecule has 0 amide bonds. The third kappa shape index (κ3) is 2.14. The molecule has 0 N–H and O–H groups in total. The van der Waals surface area contributed by atoms with Gasteiger partial charge < -0.3 is 0 Å². The van der Waals surface area contributed by atoms with Crippen molar-refractivity contribution in [3.63, 3.8) is 0 Å². The number of halogens is 2. The lowest BCUT2D eigenvalue weighted by molar-refractivity contribution is 0.636. The van der Waals surface area contributed by atoms with Crippen LogP contribution in [0.3, 0.4) is 0 Å². The topological polar surface area (TPSA) is 25.8 Å². The van der Waals surface area contributed by atoms with Crippen molar-refractivity contribution >= 4 is 22.5 Å². The molecule has 1 aromatic heterocycles. The highest BCUT2D eigenvalue weighted by Gasteiger charge is 2.13. The highest BCUT2D eigenvalue weighted by molar-refractivity contribution is 6.34. The first-order chi connectivity index (χ1) is 9.56. The van der Waals surface area contributed by atoms with Crippen LogP contribution >= 0.6 is 11.6 Å². The molecule has 20 heavy (non-hydrogen) atoms. The zero-order valence-electron chi connectivity index (χ0n) is 11.1. The molecule has 0 bridgehead atoms. The van der Waals surface area contributed by atoms with Crippen LogP contribution in [0.4, 0.5) is 4.39 Å². The van der Waals surface area contributed by atoms with Crippen LogP contribution in [0.1, 0.15) is 11.1 Å². The Morgan fingerprint density at radius 1 is 0.950 bits per heavy atom. The van der Waals surface area contributed by atoms with Crippen molar-refractivity contribution in [1.82, 2.24) is 9.97 Å². The van der Waals surface area contributed by atoms with Gasteiger partial charge in [0, 0.05) is 10.9 Å². The zero-order chi connectivity index (χ0) is 14.3. The van der Waals surface area contributed by atoms with Crippen LogP contribution in [-0.4, -0.2) is 9.97 Å². The average Bonchev–Trinajstić information content (AvgIpc) is 2.43. The summed E-state index contributed by atoms with van der Waals surface area (Å²) in [6.45, 7) is 3.86. The maximum atomic E-state index is 14.0. The van der Waals surface area contributed by atoms with Gasteiger partial charge in [0.05, 0.1) is 0 Å². The minimum Gasteiger partial charge on any atom is -0.225 e. The van der Waals surface area contributed by atoms with E-state index in [1.165, 1.54) is 6.07 Å². The predicted molar refractivity (Wildman–Crippen MR) is 79.4 cm³/mol. The van der Waals surface area contributed by atoms with Gasteiger partial charge >= 0.3 is 0 Å². The fourth-order valence-corrected chi connectivity index (χ4v) is 2.47. The minimum atomic E-state index is -0.386. The third-order valence-electron chi connectivity index (χ3n) is 3.27.